The van der Waals surface area contributed by atoms with E-state index in [1.54, 1.807) is 0 Å². The molecule has 3 rings (SSSR count). The van der Waals surface area contributed by atoms with Crippen molar-refractivity contribution in [1.82, 2.24) is 14.6 Å². The number of nitrogens with zero attached hydrogens (tertiary/aromatic N) is 3. The van der Waals surface area contributed by atoms with E-state index in [0.29, 0.717) is 5.92 Å². The predicted molar refractivity (Wildman–Crippen MR) is 54.6 cm³/mol. The number of aldehydes is 1. The molecule has 0 radical (unpaired) electrons. The van der Waals surface area contributed by atoms with Crippen molar-refractivity contribution in [1.29, 1.82) is 0 Å². The largest absolute Gasteiger partial charge is 0.303 e. The van der Waals surface area contributed by atoms with Crippen LogP contribution in [0.15, 0.2) is 18.2 Å². The van der Waals surface area contributed by atoms with Gasteiger partial charge in [-0.2, -0.15) is 5.10 Å². The number of pyridine rings is 1. The van der Waals surface area contributed by atoms with E-state index in [4.69, 9.17) is 0 Å². The van der Waals surface area contributed by atoms with E-state index < -0.39 is 0 Å². The van der Waals surface area contributed by atoms with Crippen LogP contribution in [0.25, 0.3) is 5.65 Å². The van der Waals surface area contributed by atoms with Crippen LogP contribution < -0.4 is 0 Å². The van der Waals surface area contributed by atoms with Crippen molar-refractivity contribution in [3.63, 3.8) is 0 Å². The van der Waals surface area contributed by atoms with Gasteiger partial charge in [-0.05, 0) is 25.5 Å². The van der Waals surface area contributed by atoms with E-state index in [0.717, 1.165) is 29.9 Å². The first-order chi connectivity index (χ1) is 7.29. The maximum atomic E-state index is 10.6. The van der Waals surface area contributed by atoms with Crippen LogP contribution in [0.3, 0.4) is 0 Å². The maximum Gasteiger partial charge on any atom is 0.155 e. The Morgan fingerprint density at radius 3 is 3.13 bits per heavy atom. The summed E-state index contributed by atoms with van der Waals surface area (Å²) in [6.45, 7) is 1.88. The van der Waals surface area contributed by atoms with Crippen LogP contribution >= 0.6 is 0 Å². The molecule has 0 amide bonds. The number of aryl methyl sites for hydroxylation is 1. The molecule has 1 fully saturated rings. The summed E-state index contributed by atoms with van der Waals surface area (Å²) in [5.74, 6) is 1.29. The van der Waals surface area contributed by atoms with E-state index in [9.17, 15) is 4.79 Å². The molecule has 15 heavy (non-hydrogen) atoms. The van der Waals surface area contributed by atoms with Gasteiger partial charge in [0.1, 0.15) is 12.1 Å². The van der Waals surface area contributed by atoms with Crippen molar-refractivity contribution in [2.45, 2.75) is 19.3 Å². The average Bonchev–Trinajstić information content (AvgIpc) is 2.91. The van der Waals surface area contributed by atoms with Gasteiger partial charge in [0, 0.05) is 17.5 Å². The summed E-state index contributed by atoms with van der Waals surface area (Å²) in [4.78, 5) is 14.9. The summed E-state index contributed by atoms with van der Waals surface area (Å²) < 4.78 is 1.85. The summed E-state index contributed by atoms with van der Waals surface area (Å²) in [5.41, 5.74) is 1.96. The number of carbonyl (C=O) groups is 1. The molecule has 1 aliphatic carbocycles. The molecule has 0 aliphatic heterocycles. The number of aromatic nitrogens is 3. The number of carbonyl (C=O) groups excluding carboxylic acids is 1. The third-order valence-corrected chi connectivity index (χ3v) is 2.89. The zero-order chi connectivity index (χ0) is 10.4. The molecule has 0 aromatic carbocycles. The lowest BCUT2D eigenvalue weighted by atomic mass is 10.2. The first-order valence-electron chi connectivity index (χ1n) is 5.07. The molecule has 2 heterocycles. The quantitative estimate of drug-likeness (QED) is 0.689. The molecule has 2 atom stereocenters. The van der Waals surface area contributed by atoms with Gasteiger partial charge in [-0.1, -0.05) is 6.07 Å². The lowest BCUT2D eigenvalue weighted by Gasteiger charge is -2.00. The Balaban J connectivity index is 2.14. The maximum absolute atomic E-state index is 10.6. The molecule has 2 unspecified atom stereocenters. The number of hydrogen-bond acceptors (Lipinski definition) is 3. The van der Waals surface area contributed by atoms with Crippen molar-refractivity contribution in [2.24, 2.45) is 5.92 Å². The fourth-order valence-electron chi connectivity index (χ4n) is 2.02. The Morgan fingerprint density at radius 1 is 1.53 bits per heavy atom. The van der Waals surface area contributed by atoms with Gasteiger partial charge in [0.25, 0.3) is 0 Å². The monoisotopic (exact) mass is 201 g/mol. The molecular formula is C11H11N3O. The highest BCUT2D eigenvalue weighted by molar-refractivity contribution is 5.61. The highest BCUT2D eigenvalue weighted by Crippen LogP contribution is 2.45. The summed E-state index contributed by atoms with van der Waals surface area (Å²) in [6.07, 6.45) is 1.98. The van der Waals surface area contributed by atoms with Gasteiger partial charge in [-0.25, -0.2) is 9.50 Å². The zero-order valence-corrected chi connectivity index (χ0v) is 8.42. The topological polar surface area (TPSA) is 47.3 Å². The van der Waals surface area contributed by atoms with E-state index in [1.165, 1.54) is 0 Å². The van der Waals surface area contributed by atoms with Crippen LogP contribution in [0.4, 0.5) is 0 Å². The standard InChI is InChI=1S/C11H11N3O/c1-7-12-11-4-2-3-10(14(11)13-7)9-5-8(9)6-15/h2-4,6,8-9H,5H2,1H3. The Morgan fingerprint density at radius 2 is 2.40 bits per heavy atom. The first-order valence-corrected chi connectivity index (χ1v) is 5.07. The fraction of sp³-hybridized carbons (Fsp3) is 0.364. The first kappa shape index (κ1) is 8.59. The molecule has 76 valence electrons. The van der Waals surface area contributed by atoms with Gasteiger partial charge in [0.05, 0.1) is 0 Å². The third-order valence-electron chi connectivity index (χ3n) is 2.89. The minimum atomic E-state index is 0.181. The second-order valence-corrected chi connectivity index (χ2v) is 4.02. The summed E-state index contributed by atoms with van der Waals surface area (Å²) in [6, 6.07) is 5.93. The smallest absolute Gasteiger partial charge is 0.155 e. The highest BCUT2D eigenvalue weighted by atomic mass is 16.1. The molecule has 1 saturated carbocycles. The van der Waals surface area contributed by atoms with E-state index in [2.05, 4.69) is 10.1 Å². The molecule has 0 bridgehead atoms. The molecular weight excluding hydrogens is 190 g/mol. The Labute approximate surface area is 86.9 Å². The summed E-state index contributed by atoms with van der Waals surface area (Å²) in [5, 5.41) is 4.33. The average molecular weight is 201 g/mol. The van der Waals surface area contributed by atoms with E-state index >= 15 is 0 Å². The minimum absolute atomic E-state index is 0.181. The number of fused-ring (bicyclic) bond motifs is 1. The molecule has 0 N–H and O–H groups in total. The van der Waals surface area contributed by atoms with Crippen molar-refractivity contribution in [3.8, 4) is 0 Å². The van der Waals surface area contributed by atoms with Gasteiger partial charge < -0.3 is 4.79 Å². The van der Waals surface area contributed by atoms with Gasteiger partial charge in [0.2, 0.25) is 0 Å². The molecule has 4 heteroatoms. The molecule has 0 saturated heterocycles. The molecule has 0 spiro atoms. The number of hydrogen-bond donors (Lipinski definition) is 0. The van der Waals surface area contributed by atoms with Crippen molar-refractivity contribution >= 4 is 11.9 Å². The lowest BCUT2D eigenvalue weighted by Crippen LogP contribution is -1.98. The van der Waals surface area contributed by atoms with Crippen LogP contribution in [-0.2, 0) is 4.79 Å². The van der Waals surface area contributed by atoms with Gasteiger partial charge >= 0.3 is 0 Å². The lowest BCUT2D eigenvalue weighted by molar-refractivity contribution is -0.108. The number of rotatable bonds is 2. The van der Waals surface area contributed by atoms with Gasteiger partial charge in [0.15, 0.2) is 5.65 Å². The third kappa shape index (κ3) is 1.25. The van der Waals surface area contributed by atoms with Crippen LogP contribution in [0.5, 0.6) is 0 Å². The second-order valence-electron chi connectivity index (χ2n) is 4.02. The molecule has 4 nitrogen and oxygen atoms in total. The van der Waals surface area contributed by atoms with Crippen molar-refractivity contribution in [3.05, 3.63) is 29.7 Å². The van der Waals surface area contributed by atoms with E-state index in [1.807, 2.05) is 29.6 Å². The van der Waals surface area contributed by atoms with Crippen LogP contribution in [0.1, 0.15) is 23.9 Å². The zero-order valence-electron chi connectivity index (χ0n) is 8.42. The van der Waals surface area contributed by atoms with Crippen LogP contribution in [0.2, 0.25) is 0 Å². The normalized spacial score (nSPS) is 24.3. The van der Waals surface area contributed by atoms with Crippen LogP contribution in [0, 0.1) is 12.8 Å². The Kier molecular flexibility index (Phi) is 1.65. The van der Waals surface area contributed by atoms with Crippen molar-refractivity contribution in [2.75, 3.05) is 0 Å². The Hall–Kier alpha value is -1.71. The minimum Gasteiger partial charge on any atom is -0.303 e. The summed E-state index contributed by atoms with van der Waals surface area (Å²) >= 11 is 0. The van der Waals surface area contributed by atoms with E-state index in [-0.39, 0.29) is 5.92 Å². The summed E-state index contributed by atoms with van der Waals surface area (Å²) in [7, 11) is 0. The molecule has 2 aromatic heterocycles. The molecule has 1 aliphatic rings. The second kappa shape index (κ2) is 2.89. The van der Waals surface area contributed by atoms with Crippen molar-refractivity contribution < 1.29 is 4.79 Å². The molecule has 2 aromatic rings. The fourth-order valence-corrected chi connectivity index (χ4v) is 2.02. The SMILES string of the molecule is Cc1nc2cccc(C3CC3C=O)n2n1. The van der Waals surface area contributed by atoms with Gasteiger partial charge in [-0.3, -0.25) is 0 Å². The Bertz CT molecular complexity index is 532. The van der Waals surface area contributed by atoms with Crippen LogP contribution in [-0.4, -0.2) is 20.9 Å². The highest BCUT2D eigenvalue weighted by Gasteiger charge is 2.39. The van der Waals surface area contributed by atoms with Gasteiger partial charge in [-0.15, -0.1) is 0 Å². The predicted octanol–water partition coefficient (Wildman–Crippen LogP) is 1.34.